The van der Waals surface area contributed by atoms with E-state index in [1.165, 1.54) is 0 Å². The van der Waals surface area contributed by atoms with Crippen LogP contribution in [0.15, 0.2) is 30.3 Å². The van der Waals surface area contributed by atoms with E-state index in [0.29, 0.717) is 43.1 Å². The number of carbonyl (C=O) groups excluding carboxylic acids is 2. The zero-order chi connectivity index (χ0) is 18.7. The Morgan fingerprint density at radius 3 is 2.59 bits per heavy atom. The van der Waals surface area contributed by atoms with Crippen LogP contribution in [0.4, 0.5) is 5.69 Å². The van der Waals surface area contributed by atoms with Crippen molar-refractivity contribution >= 4 is 29.8 Å². The summed E-state index contributed by atoms with van der Waals surface area (Å²) in [5, 5.41) is 0. The van der Waals surface area contributed by atoms with Crippen LogP contribution in [0.25, 0.3) is 0 Å². The minimum atomic E-state index is -0.385. The Labute approximate surface area is 165 Å². The molecule has 1 aromatic heterocycles. The third-order valence-corrected chi connectivity index (χ3v) is 4.63. The van der Waals surface area contributed by atoms with Gasteiger partial charge in [-0.05, 0) is 50.7 Å². The number of esters is 1. The van der Waals surface area contributed by atoms with Crippen LogP contribution in [0.5, 0.6) is 0 Å². The van der Waals surface area contributed by atoms with E-state index in [0.717, 1.165) is 24.1 Å². The number of carbonyl (C=O) groups is 2. The van der Waals surface area contributed by atoms with Crippen LogP contribution in [0.2, 0.25) is 0 Å². The molecule has 7 heteroatoms. The highest BCUT2D eigenvalue weighted by atomic mass is 35.5. The second-order valence-corrected chi connectivity index (χ2v) is 6.93. The molecule has 0 radical (unpaired) electrons. The van der Waals surface area contributed by atoms with E-state index in [4.69, 9.17) is 10.5 Å². The van der Waals surface area contributed by atoms with Crippen LogP contribution < -0.4 is 5.73 Å². The molecule has 6 nitrogen and oxygen atoms in total. The van der Waals surface area contributed by atoms with E-state index in [1.54, 1.807) is 6.07 Å². The minimum Gasteiger partial charge on any atom is -0.460 e. The maximum Gasteiger partial charge on any atom is 0.355 e. The Morgan fingerprint density at radius 2 is 1.93 bits per heavy atom. The van der Waals surface area contributed by atoms with Crippen LogP contribution in [-0.2, 0) is 17.7 Å². The predicted octanol–water partition coefficient (Wildman–Crippen LogP) is 2.78. The molecule has 0 aliphatic heterocycles. The Balaban J connectivity index is 0.00000261. The van der Waals surface area contributed by atoms with E-state index in [2.05, 4.69) is 0 Å². The molecule has 0 saturated carbocycles. The number of halogens is 1. The number of nitrogen functional groups attached to an aromatic ring is 1. The van der Waals surface area contributed by atoms with Crippen molar-refractivity contribution < 1.29 is 14.3 Å². The lowest BCUT2D eigenvalue weighted by Crippen LogP contribution is -2.22. The molecule has 1 aromatic carbocycles. The van der Waals surface area contributed by atoms with Crippen LogP contribution in [0.1, 0.15) is 44.9 Å². The zero-order valence-electron chi connectivity index (χ0n) is 15.7. The summed E-state index contributed by atoms with van der Waals surface area (Å²) in [7, 11) is 3.85. The molecule has 0 fully saturated rings. The lowest BCUT2D eigenvalue weighted by Gasteiger charge is -2.17. The summed E-state index contributed by atoms with van der Waals surface area (Å²) < 4.78 is 7.34. The standard InChI is InChI=1S/C20H25N3O3.ClH/c1-22(2)10-11-26-20(25)18-12-16-17(4-3-5-19(16)24)23(18)13-14-6-8-15(21)9-7-14;/h6-9,12H,3-5,10-11,13,21H2,1-2H3;1H. The van der Waals surface area contributed by atoms with E-state index >= 15 is 0 Å². The van der Waals surface area contributed by atoms with Gasteiger partial charge in [0.2, 0.25) is 0 Å². The van der Waals surface area contributed by atoms with Gasteiger partial charge in [-0.1, -0.05) is 12.1 Å². The van der Waals surface area contributed by atoms with Crippen LogP contribution >= 0.6 is 12.4 Å². The van der Waals surface area contributed by atoms with Crippen molar-refractivity contribution in [2.24, 2.45) is 0 Å². The third kappa shape index (κ3) is 4.90. The molecule has 146 valence electrons. The van der Waals surface area contributed by atoms with Crippen molar-refractivity contribution in [1.82, 2.24) is 9.47 Å². The number of rotatable bonds is 6. The van der Waals surface area contributed by atoms with Crippen LogP contribution in [0, 0.1) is 0 Å². The van der Waals surface area contributed by atoms with Gasteiger partial charge in [0.1, 0.15) is 12.3 Å². The van der Waals surface area contributed by atoms with Gasteiger partial charge in [0.15, 0.2) is 5.78 Å². The Kier molecular flexibility index (Phi) is 7.05. The topological polar surface area (TPSA) is 77.6 Å². The van der Waals surface area contributed by atoms with Gasteiger partial charge < -0.3 is 19.9 Å². The fourth-order valence-electron chi connectivity index (χ4n) is 3.20. The first-order valence-corrected chi connectivity index (χ1v) is 8.87. The van der Waals surface area contributed by atoms with Gasteiger partial charge in [-0.25, -0.2) is 4.79 Å². The summed E-state index contributed by atoms with van der Waals surface area (Å²) >= 11 is 0. The minimum absolute atomic E-state index is 0. The fraction of sp³-hybridized carbons (Fsp3) is 0.400. The predicted molar refractivity (Wildman–Crippen MR) is 108 cm³/mol. The average Bonchev–Trinajstić information content (AvgIpc) is 2.97. The number of nitrogens with two attached hydrogens (primary N) is 1. The average molecular weight is 392 g/mol. The third-order valence-electron chi connectivity index (χ3n) is 4.63. The molecule has 1 aliphatic rings. The summed E-state index contributed by atoms with van der Waals surface area (Å²) in [6.45, 7) is 1.49. The van der Waals surface area contributed by atoms with Crippen molar-refractivity contribution in [2.75, 3.05) is 33.0 Å². The number of nitrogens with zero attached hydrogens (tertiary/aromatic N) is 2. The number of likely N-dealkylation sites (N-methyl/N-ethyl adjacent to an activating group) is 1. The zero-order valence-corrected chi connectivity index (χ0v) is 16.6. The molecule has 0 spiro atoms. The molecule has 0 amide bonds. The Hall–Kier alpha value is -2.31. The van der Waals surface area contributed by atoms with E-state index in [1.807, 2.05) is 47.8 Å². The summed E-state index contributed by atoms with van der Waals surface area (Å²) in [6.07, 6.45) is 2.14. The van der Waals surface area contributed by atoms with Crippen molar-refractivity contribution in [2.45, 2.75) is 25.8 Å². The molecular weight excluding hydrogens is 366 g/mol. The molecule has 0 atom stereocenters. The number of fused-ring (bicyclic) bond motifs is 1. The first-order valence-electron chi connectivity index (χ1n) is 8.87. The fourth-order valence-corrected chi connectivity index (χ4v) is 3.20. The second kappa shape index (κ2) is 9.06. The Bertz CT molecular complexity index is 813. The summed E-state index contributed by atoms with van der Waals surface area (Å²) in [6, 6.07) is 9.25. The SMILES string of the molecule is CN(C)CCOC(=O)c1cc2c(n1Cc1ccc(N)cc1)CCCC2=O.Cl. The lowest BCUT2D eigenvalue weighted by atomic mass is 9.96. The number of ketones is 1. The highest BCUT2D eigenvalue weighted by molar-refractivity contribution is 6.01. The summed E-state index contributed by atoms with van der Waals surface area (Å²) in [5.41, 5.74) is 9.51. The second-order valence-electron chi connectivity index (χ2n) is 6.93. The Morgan fingerprint density at radius 1 is 1.22 bits per heavy atom. The number of aromatic nitrogens is 1. The number of hydrogen-bond donors (Lipinski definition) is 1. The molecule has 2 aromatic rings. The monoisotopic (exact) mass is 391 g/mol. The van der Waals surface area contributed by atoms with Gasteiger partial charge >= 0.3 is 5.97 Å². The van der Waals surface area contributed by atoms with Crippen molar-refractivity contribution in [3.63, 3.8) is 0 Å². The van der Waals surface area contributed by atoms with Gasteiger partial charge in [0.25, 0.3) is 0 Å². The quantitative estimate of drug-likeness (QED) is 0.605. The molecular formula is C20H26ClN3O3. The molecule has 2 N–H and O–H groups in total. The first-order chi connectivity index (χ1) is 12.5. The van der Waals surface area contributed by atoms with Gasteiger partial charge in [0.05, 0.1) is 0 Å². The van der Waals surface area contributed by atoms with Gasteiger partial charge in [-0.15, -0.1) is 12.4 Å². The lowest BCUT2D eigenvalue weighted by molar-refractivity contribution is 0.0469. The molecule has 0 saturated heterocycles. The number of hydrogen-bond acceptors (Lipinski definition) is 5. The van der Waals surface area contributed by atoms with Crippen LogP contribution in [-0.4, -0.2) is 48.5 Å². The number of anilines is 1. The maximum absolute atomic E-state index is 12.6. The van der Waals surface area contributed by atoms with Crippen molar-refractivity contribution in [1.29, 1.82) is 0 Å². The van der Waals surface area contributed by atoms with Gasteiger partial charge in [0, 0.05) is 36.5 Å². The summed E-state index contributed by atoms with van der Waals surface area (Å²) in [4.78, 5) is 26.9. The smallest absolute Gasteiger partial charge is 0.355 e. The molecule has 1 aliphatic carbocycles. The van der Waals surface area contributed by atoms with Gasteiger partial charge in [-0.2, -0.15) is 0 Å². The molecule has 27 heavy (non-hydrogen) atoms. The summed E-state index contributed by atoms with van der Waals surface area (Å²) in [5.74, 6) is -0.283. The normalized spacial score (nSPS) is 13.2. The highest BCUT2D eigenvalue weighted by Crippen LogP contribution is 2.27. The van der Waals surface area contributed by atoms with Crippen molar-refractivity contribution in [3.05, 3.63) is 52.8 Å². The highest BCUT2D eigenvalue weighted by Gasteiger charge is 2.27. The number of benzene rings is 1. The first kappa shape index (κ1) is 21.0. The molecule has 1 heterocycles. The maximum atomic E-state index is 12.6. The van der Waals surface area contributed by atoms with Crippen LogP contribution in [0.3, 0.4) is 0 Å². The van der Waals surface area contributed by atoms with Gasteiger partial charge in [-0.3, -0.25) is 4.79 Å². The van der Waals surface area contributed by atoms with E-state index in [-0.39, 0.29) is 24.2 Å². The largest absolute Gasteiger partial charge is 0.460 e. The van der Waals surface area contributed by atoms with E-state index < -0.39 is 0 Å². The number of Topliss-reactive ketones (excluding diaryl/α,β-unsaturated/α-hetero) is 1. The molecule has 0 unspecified atom stereocenters. The van der Waals surface area contributed by atoms with E-state index in [9.17, 15) is 9.59 Å². The molecule has 0 bridgehead atoms. The molecule has 3 rings (SSSR count). The number of ether oxygens (including phenoxy) is 1. The van der Waals surface area contributed by atoms with Crippen molar-refractivity contribution in [3.8, 4) is 0 Å².